The lowest BCUT2D eigenvalue weighted by Gasteiger charge is -2.34. The quantitative estimate of drug-likeness (QED) is 0.397. The van der Waals surface area contributed by atoms with Crippen molar-refractivity contribution in [2.45, 2.75) is 78.2 Å². The van der Waals surface area contributed by atoms with Crippen LogP contribution in [0, 0.1) is 23.7 Å². The molecule has 0 aliphatic carbocycles. The molecule has 2 aromatic carbocycles. The summed E-state index contributed by atoms with van der Waals surface area (Å²) >= 11 is 0. The first-order chi connectivity index (χ1) is 18.5. The maximum absolute atomic E-state index is 12.9. The molecule has 2 amide bonds. The van der Waals surface area contributed by atoms with E-state index in [4.69, 9.17) is 14.2 Å². The summed E-state index contributed by atoms with van der Waals surface area (Å²) in [6, 6.07) is 12.8. The molecule has 2 N–H and O–H groups in total. The van der Waals surface area contributed by atoms with E-state index in [-0.39, 0.29) is 5.60 Å². The Morgan fingerprint density at radius 2 is 1.25 bits per heavy atom. The van der Waals surface area contributed by atoms with Gasteiger partial charge in [0, 0.05) is 16.7 Å². The van der Waals surface area contributed by atoms with Gasteiger partial charge in [-0.05, 0) is 116 Å². The third-order valence-electron chi connectivity index (χ3n) is 5.16. The van der Waals surface area contributed by atoms with Gasteiger partial charge >= 0.3 is 12.1 Å². The molecule has 0 unspecified atom stereocenters. The molecular weight excluding hydrogens is 508 g/mol. The lowest BCUT2D eigenvalue weighted by molar-refractivity contribution is -0.144. The molecule has 2 aromatic rings. The minimum Gasteiger partial charge on any atom is -0.488 e. The van der Waals surface area contributed by atoms with E-state index in [1.165, 1.54) is 7.11 Å². The molecule has 2 rings (SSSR count). The van der Waals surface area contributed by atoms with Crippen molar-refractivity contribution in [3.8, 4) is 29.4 Å². The average molecular weight is 547 g/mol. The van der Waals surface area contributed by atoms with E-state index in [0.29, 0.717) is 11.1 Å². The van der Waals surface area contributed by atoms with E-state index in [9.17, 15) is 14.4 Å². The first-order valence-corrected chi connectivity index (χ1v) is 12.8. The van der Waals surface area contributed by atoms with Gasteiger partial charge in [0.25, 0.3) is 5.91 Å². The molecule has 0 saturated heterocycles. The molecule has 212 valence electrons. The molecule has 0 heterocycles. The zero-order valence-electron chi connectivity index (χ0n) is 24.6. The van der Waals surface area contributed by atoms with Gasteiger partial charge in [-0.2, -0.15) is 0 Å². The maximum atomic E-state index is 12.9. The van der Waals surface area contributed by atoms with Crippen LogP contribution in [0.15, 0.2) is 48.5 Å². The molecular formula is C32H38N2O6. The fourth-order valence-corrected chi connectivity index (χ4v) is 3.38. The van der Waals surface area contributed by atoms with Crippen molar-refractivity contribution in [3.05, 3.63) is 65.2 Å². The van der Waals surface area contributed by atoms with Crippen molar-refractivity contribution in [1.82, 2.24) is 10.6 Å². The second-order valence-electron chi connectivity index (χ2n) is 11.6. The number of amides is 2. The Labute approximate surface area is 237 Å². The van der Waals surface area contributed by atoms with Crippen molar-refractivity contribution in [1.29, 1.82) is 0 Å². The van der Waals surface area contributed by atoms with Gasteiger partial charge in [-0.15, -0.1) is 0 Å². The molecule has 0 bridgehead atoms. The molecule has 0 spiro atoms. The van der Waals surface area contributed by atoms with Gasteiger partial charge in [0.1, 0.15) is 23.0 Å². The molecule has 0 fully saturated rings. The Bertz CT molecular complexity index is 1320. The number of hydrogen-bond donors (Lipinski definition) is 2. The van der Waals surface area contributed by atoms with Crippen LogP contribution in [0.5, 0.6) is 5.75 Å². The first-order valence-electron chi connectivity index (χ1n) is 12.8. The third-order valence-corrected chi connectivity index (χ3v) is 5.16. The Balaban J connectivity index is 2.07. The van der Waals surface area contributed by atoms with Crippen LogP contribution in [0.25, 0.3) is 0 Å². The summed E-state index contributed by atoms with van der Waals surface area (Å²) in [5.41, 5.74) is -0.435. The smallest absolute Gasteiger partial charge is 0.408 e. The van der Waals surface area contributed by atoms with Gasteiger partial charge < -0.3 is 24.8 Å². The number of methoxy groups -OCH3 is 1. The number of alkyl carbamates (subject to hydrolysis) is 1. The van der Waals surface area contributed by atoms with Crippen LogP contribution in [0.4, 0.5) is 4.79 Å². The van der Waals surface area contributed by atoms with Gasteiger partial charge in [0.2, 0.25) is 0 Å². The van der Waals surface area contributed by atoms with E-state index < -0.39 is 35.2 Å². The normalized spacial score (nSPS) is 11.9. The lowest BCUT2D eigenvalue weighted by atomic mass is 9.94. The molecule has 0 radical (unpaired) electrons. The van der Waals surface area contributed by atoms with Crippen LogP contribution >= 0.6 is 0 Å². The summed E-state index contributed by atoms with van der Waals surface area (Å²) in [5.74, 6) is 11.1. The Morgan fingerprint density at radius 3 is 1.70 bits per heavy atom. The highest BCUT2D eigenvalue weighted by Crippen LogP contribution is 2.18. The number of carbonyl (C=O) groups excluding carboxylic acids is 3. The minimum atomic E-state index is -1.21. The van der Waals surface area contributed by atoms with Crippen molar-refractivity contribution >= 4 is 18.0 Å². The number of nitrogens with one attached hydrogen (secondary N) is 2. The van der Waals surface area contributed by atoms with E-state index in [2.05, 4.69) is 34.3 Å². The van der Waals surface area contributed by atoms with Crippen molar-refractivity contribution in [3.63, 3.8) is 0 Å². The molecule has 0 aliphatic rings. The number of benzene rings is 2. The number of ether oxygens (including phenoxy) is 3. The topological polar surface area (TPSA) is 103 Å². The van der Waals surface area contributed by atoms with Gasteiger partial charge in [-0.25, -0.2) is 9.59 Å². The average Bonchev–Trinajstić information content (AvgIpc) is 2.83. The van der Waals surface area contributed by atoms with Gasteiger partial charge in [0.15, 0.2) is 0 Å². The summed E-state index contributed by atoms with van der Waals surface area (Å²) in [6.07, 6.45) is -0.724. The van der Waals surface area contributed by atoms with Gasteiger partial charge in [-0.1, -0.05) is 11.8 Å². The van der Waals surface area contributed by atoms with Crippen molar-refractivity contribution in [2.24, 2.45) is 0 Å². The molecule has 0 aliphatic heterocycles. The third kappa shape index (κ3) is 10.7. The van der Waals surface area contributed by atoms with Crippen molar-refractivity contribution < 1.29 is 28.6 Å². The standard InChI is InChI=1S/C32H38N2O6/c1-30(2,3)39-25-20-16-23(17-21-25)13-11-10-12-22-14-18-24(19-15-22)27(35)33-26(28(36)38-9)32(7,8)34-29(37)40-31(4,5)6/h14-21,26H,1-9H3,(H,33,35)(H,34,37)/t26-/m1/s1. The highest BCUT2D eigenvalue weighted by atomic mass is 16.6. The summed E-state index contributed by atoms with van der Waals surface area (Å²) in [6.45, 7) is 14.3. The lowest BCUT2D eigenvalue weighted by Crippen LogP contribution is -2.62. The first kappa shape index (κ1) is 31.8. The number of esters is 1. The molecule has 8 nitrogen and oxygen atoms in total. The van der Waals surface area contributed by atoms with E-state index in [1.807, 2.05) is 45.0 Å². The Hall–Kier alpha value is -4.43. The Morgan fingerprint density at radius 1 is 0.750 bits per heavy atom. The highest BCUT2D eigenvalue weighted by molar-refractivity contribution is 5.97. The molecule has 1 atom stereocenters. The fraction of sp³-hybridized carbons (Fsp3) is 0.406. The van der Waals surface area contributed by atoms with Crippen molar-refractivity contribution in [2.75, 3.05) is 7.11 Å². The monoisotopic (exact) mass is 546 g/mol. The summed E-state index contributed by atoms with van der Waals surface area (Å²) in [7, 11) is 1.21. The van der Waals surface area contributed by atoms with E-state index in [0.717, 1.165) is 11.3 Å². The van der Waals surface area contributed by atoms with Crippen LogP contribution in [0.1, 0.15) is 76.9 Å². The zero-order valence-corrected chi connectivity index (χ0v) is 24.6. The number of carbonyl (C=O) groups is 3. The molecule has 0 saturated carbocycles. The predicted molar refractivity (Wildman–Crippen MR) is 154 cm³/mol. The van der Waals surface area contributed by atoms with Crippen LogP contribution in [-0.4, -0.2) is 47.9 Å². The van der Waals surface area contributed by atoms with Crippen LogP contribution in [0.2, 0.25) is 0 Å². The molecule has 8 heteroatoms. The molecule has 40 heavy (non-hydrogen) atoms. The fourth-order valence-electron chi connectivity index (χ4n) is 3.38. The molecule has 0 aromatic heterocycles. The van der Waals surface area contributed by atoms with Crippen LogP contribution < -0.4 is 15.4 Å². The SMILES string of the molecule is COC(=O)[C@@H](NC(=O)c1ccc(C#CC#Cc2ccc(OC(C)(C)C)cc2)cc1)C(C)(C)NC(=O)OC(C)(C)C. The predicted octanol–water partition coefficient (Wildman–Crippen LogP) is 4.84. The zero-order chi connectivity index (χ0) is 30.1. The number of rotatable bonds is 6. The summed E-state index contributed by atoms with van der Waals surface area (Å²) < 4.78 is 16.0. The van der Waals surface area contributed by atoms with E-state index in [1.54, 1.807) is 58.9 Å². The van der Waals surface area contributed by atoms with Crippen LogP contribution in [0.3, 0.4) is 0 Å². The second-order valence-corrected chi connectivity index (χ2v) is 11.6. The Kier molecular flexibility index (Phi) is 10.4. The maximum Gasteiger partial charge on any atom is 0.408 e. The number of hydrogen-bond acceptors (Lipinski definition) is 6. The van der Waals surface area contributed by atoms with Crippen LogP contribution in [-0.2, 0) is 14.3 Å². The van der Waals surface area contributed by atoms with Gasteiger partial charge in [0.05, 0.1) is 12.6 Å². The van der Waals surface area contributed by atoms with Gasteiger partial charge in [-0.3, -0.25) is 4.79 Å². The summed E-state index contributed by atoms with van der Waals surface area (Å²) in [4.78, 5) is 37.7. The van der Waals surface area contributed by atoms with E-state index >= 15 is 0 Å². The highest BCUT2D eigenvalue weighted by Gasteiger charge is 2.39. The summed E-state index contributed by atoms with van der Waals surface area (Å²) in [5, 5.41) is 5.28. The minimum absolute atomic E-state index is 0.270. The second kappa shape index (κ2) is 13.1. The largest absolute Gasteiger partial charge is 0.488 e.